The van der Waals surface area contributed by atoms with Crippen molar-refractivity contribution < 1.29 is 19.1 Å². The topological polar surface area (TPSA) is 76.5 Å². The summed E-state index contributed by atoms with van der Waals surface area (Å²) < 4.78 is 12.0. The predicted molar refractivity (Wildman–Crippen MR) is 203 cm³/mol. The zero-order valence-corrected chi connectivity index (χ0v) is 30.4. The van der Waals surface area contributed by atoms with E-state index in [-0.39, 0.29) is 30.0 Å². The molecule has 3 aliphatic rings. The van der Waals surface area contributed by atoms with Crippen molar-refractivity contribution in [2.45, 2.75) is 91.4 Å². The normalized spacial score (nSPS) is 18.4. The molecule has 49 heavy (non-hydrogen) atoms. The number of Topliss-reactive ketones (excluding diaryl/α,β-unsaturated/α-hetero) is 2. The van der Waals surface area contributed by atoms with Crippen LogP contribution in [0.4, 0.5) is 0 Å². The summed E-state index contributed by atoms with van der Waals surface area (Å²) in [5.41, 5.74) is 11.3. The molecule has 5 nitrogen and oxygen atoms in total. The monoisotopic (exact) mass is 677 g/mol. The van der Waals surface area contributed by atoms with Crippen LogP contribution in [0.15, 0.2) is 75.2 Å². The molecule has 1 aliphatic heterocycles. The number of nitrogens with one attached hydrogen (secondary N) is 1. The van der Waals surface area contributed by atoms with Crippen LogP contribution in [0, 0.1) is 23.2 Å². The summed E-state index contributed by atoms with van der Waals surface area (Å²) >= 11 is 1.67. The number of ether oxygens (including phenoxy) is 2. The maximum atomic E-state index is 14.3. The van der Waals surface area contributed by atoms with Crippen molar-refractivity contribution in [1.82, 2.24) is 0 Å². The van der Waals surface area contributed by atoms with E-state index in [9.17, 15) is 9.59 Å². The Bertz CT molecular complexity index is 1710. The van der Waals surface area contributed by atoms with E-state index in [0.29, 0.717) is 24.3 Å². The van der Waals surface area contributed by atoms with Crippen LogP contribution in [0.3, 0.4) is 0 Å². The molecule has 1 fully saturated rings. The third-order valence-electron chi connectivity index (χ3n) is 10.1. The van der Waals surface area contributed by atoms with Crippen LogP contribution < -0.4 is 9.47 Å². The van der Waals surface area contributed by atoms with Gasteiger partial charge in [0.05, 0.1) is 18.6 Å². The number of methoxy groups -OCH3 is 1. The van der Waals surface area contributed by atoms with Gasteiger partial charge in [0.25, 0.3) is 0 Å². The van der Waals surface area contributed by atoms with Crippen LogP contribution in [-0.2, 0) is 9.59 Å². The second-order valence-electron chi connectivity index (χ2n) is 14.0. The van der Waals surface area contributed by atoms with Gasteiger partial charge in [0.1, 0.15) is 23.9 Å². The highest BCUT2D eigenvalue weighted by molar-refractivity contribution is 7.08. The molecule has 2 heterocycles. The van der Waals surface area contributed by atoms with Crippen molar-refractivity contribution in [3.63, 3.8) is 0 Å². The number of hydrogen-bond acceptors (Lipinski definition) is 6. The Morgan fingerprint density at radius 1 is 1.16 bits per heavy atom. The molecular weight excluding hydrogens is 627 g/mol. The summed E-state index contributed by atoms with van der Waals surface area (Å²) in [5.74, 6) is 2.12. The first-order valence-corrected chi connectivity index (χ1v) is 18.8. The fraction of sp³-hybridized carbons (Fsp3) is 0.442. The fourth-order valence-corrected chi connectivity index (χ4v) is 7.70. The van der Waals surface area contributed by atoms with Crippen molar-refractivity contribution in [2.75, 3.05) is 13.7 Å². The Labute approximate surface area is 296 Å². The summed E-state index contributed by atoms with van der Waals surface area (Å²) in [7, 11) is 1.67. The molecule has 2 aliphatic carbocycles. The second kappa shape index (κ2) is 17.6. The largest absolute Gasteiger partial charge is 0.496 e. The minimum Gasteiger partial charge on any atom is -0.496 e. The zero-order chi connectivity index (χ0) is 34.8. The van der Waals surface area contributed by atoms with Gasteiger partial charge >= 0.3 is 0 Å². The smallest absolute Gasteiger partial charge is 0.175 e. The number of ketones is 2. The summed E-state index contributed by atoms with van der Waals surface area (Å²) in [6.07, 6.45) is 21.6. The van der Waals surface area contributed by atoms with Gasteiger partial charge in [-0.05, 0) is 118 Å². The summed E-state index contributed by atoms with van der Waals surface area (Å²) in [4.78, 5) is 27.2. The fourth-order valence-electron chi connectivity index (χ4n) is 7.07. The Morgan fingerprint density at radius 2 is 2.00 bits per heavy atom. The molecule has 0 saturated heterocycles. The molecule has 1 N–H and O–H groups in total. The molecule has 1 saturated carbocycles. The van der Waals surface area contributed by atoms with Crippen LogP contribution >= 0.6 is 11.3 Å². The number of benzene rings is 1. The number of allylic oxidation sites excluding steroid dienone is 5. The highest BCUT2D eigenvalue weighted by atomic mass is 32.1. The molecule has 0 radical (unpaired) electrons. The Kier molecular flexibility index (Phi) is 13.0. The number of hydrogen-bond donors (Lipinski definition) is 1. The van der Waals surface area contributed by atoms with Gasteiger partial charge in [0.2, 0.25) is 0 Å². The molecule has 0 bridgehead atoms. The van der Waals surface area contributed by atoms with E-state index in [1.54, 1.807) is 18.4 Å². The van der Waals surface area contributed by atoms with Gasteiger partial charge in [-0.1, -0.05) is 48.3 Å². The Balaban J connectivity index is 1.38. The van der Waals surface area contributed by atoms with E-state index < -0.39 is 0 Å². The van der Waals surface area contributed by atoms with E-state index in [0.717, 1.165) is 97.1 Å². The third-order valence-corrected chi connectivity index (χ3v) is 10.8. The first kappa shape index (κ1) is 36.3. The van der Waals surface area contributed by atoms with Gasteiger partial charge in [-0.2, -0.15) is 11.3 Å². The third kappa shape index (κ3) is 9.59. The van der Waals surface area contributed by atoms with Crippen molar-refractivity contribution in [1.29, 1.82) is 5.41 Å². The lowest BCUT2D eigenvalue weighted by Crippen LogP contribution is -2.30. The summed E-state index contributed by atoms with van der Waals surface area (Å²) in [6, 6.07) is 6.13. The minimum absolute atomic E-state index is 0.0541. The Morgan fingerprint density at radius 3 is 2.69 bits per heavy atom. The van der Waals surface area contributed by atoms with Gasteiger partial charge in [0, 0.05) is 41.3 Å². The SMILES string of the molecule is COc1cc2c(cc1C=C(C)C)C(C)=C(C(=C=CCC=Cc1ccsc1)C(=O)CC1=CCCCC(CC(C=N)C(=O)C3CCC3)CC1)CO2. The molecule has 1 aromatic carbocycles. The second-order valence-corrected chi connectivity index (χ2v) is 14.7. The number of thiophene rings is 1. The molecule has 1 aromatic heterocycles. The van der Waals surface area contributed by atoms with Crippen LogP contribution in [-0.4, -0.2) is 31.5 Å². The van der Waals surface area contributed by atoms with Gasteiger partial charge in [-0.15, -0.1) is 5.73 Å². The first-order valence-electron chi connectivity index (χ1n) is 17.9. The number of carbonyl (C=O) groups excluding carboxylic acids is 2. The van der Waals surface area contributed by atoms with Crippen LogP contribution in [0.5, 0.6) is 11.5 Å². The van der Waals surface area contributed by atoms with Crippen molar-refractivity contribution >= 4 is 46.8 Å². The summed E-state index contributed by atoms with van der Waals surface area (Å²) in [6.45, 7) is 6.49. The average molecular weight is 678 g/mol. The van der Waals surface area contributed by atoms with E-state index in [2.05, 4.69) is 73.7 Å². The average Bonchev–Trinajstić information content (AvgIpc) is 3.57. The van der Waals surface area contributed by atoms with Crippen molar-refractivity contribution in [3.8, 4) is 11.5 Å². The number of rotatable bonds is 14. The molecule has 2 atom stereocenters. The maximum Gasteiger partial charge on any atom is 0.175 e. The van der Waals surface area contributed by atoms with Gasteiger partial charge in [-0.3, -0.25) is 9.59 Å². The predicted octanol–water partition coefficient (Wildman–Crippen LogP) is 11.0. The van der Waals surface area contributed by atoms with Gasteiger partial charge in [-0.25, -0.2) is 0 Å². The standard InChI is InChI=1S/C43H51NO4S/c1-29(2)21-35-24-38-30(3)39(27-48-42(38)25-41(35)47-4)37(16-7-5-6-13-33-19-20-49-28-33)40(45)23-32-12-9-8-11-31(17-18-32)22-36(26-44)43(46)34-14-10-15-34/h6-7,12-13,19-21,24-26,28,31,34,36,44H,5,8-11,14-15,17-18,22-23,27H2,1-4H3. The molecule has 2 aromatic rings. The van der Waals surface area contributed by atoms with Gasteiger partial charge in [0.15, 0.2) is 5.78 Å². The van der Waals surface area contributed by atoms with Gasteiger partial charge < -0.3 is 14.9 Å². The zero-order valence-electron chi connectivity index (χ0n) is 29.6. The van der Waals surface area contributed by atoms with E-state index in [4.69, 9.17) is 14.9 Å². The van der Waals surface area contributed by atoms with Crippen LogP contribution in [0.25, 0.3) is 17.7 Å². The van der Waals surface area contributed by atoms with E-state index in [1.165, 1.54) is 17.4 Å². The van der Waals surface area contributed by atoms with Crippen molar-refractivity contribution in [3.05, 3.63) is 91.9 Å². The lowest BCUT2D eigenvalue weighted by atomic mass is 9.74. The quantitative estimate of drug-likeness (QED) is 0.0934. The maximum absolute atomic E-state index is 14.3. The molecule has 5 rings (SSSR count). The molecule has 0 spiro atoms. The molecule has 6 heteroatoms. The minimum atomic E-state index is -0.265. The molecule has 0 amide bonds. The lowest BCUT2D eigenvalue weighted by molar-refractivity contribution is -0.127. The molecule has 2 unspecified atom stereocenters. The highest BCUT2D eigenvalue weighted by Crippen LogP contribution is 2.41. The number of carbonyl (C=O) groups is 2. The van der Waals surface area contributed by atoms with Crippen LogP contribution in [0.2, 0.25) is 0 Å². The van der Waals surface area contributed by atoms with Crippen LogP contribution in [0.1, 0.15) is 108 Å². The van der Waals surface area contributed by atoms with E-state index in [1.807, 2.05) is 12.1 Å². The number of fused-ring (bicyclic) bond motifs is 1. The van der Waals surface area contributed by atoms with E-state index >= 15 is 0 Å². The van der Waals surface area contributed by atoms with Crippen molar-refractivity contribution in [2.24, 2.45) is 17.8 Å². The summed E-state index contributed by atoms with van der Waals surface area (Å²) in [5, 5.41) is 12.2. The first-order chi connectivity index (χ1) is 23.8. The lowest BCUT2D eigenvalue weighted by Gasteiger charge is -2.29. The Hall–Kier alpha value is -3.99. The highest BCUT2D eigenvalue weighted by Gasteiger charge is 2.32. The molecule has 258 valence electrons. The molecular formula is C43H51NO4S.